The van der Waals surface area contributed by atoms with Crippen LogP contribution in [0, 0.1) is 0 Å². The van der Waals surface area contributed by atoms with E-state index in [9.17, 15) is 19.5 Å². The molecular formula is C24H15Br2NO7. The molecule has 0 bridgehead atoms. The molecule has 1 aromatic heterocycles. The van der Waals surface area contributed by atoms with Crippen molar-refractivity contribution in [3.8, 4) is 11.5 Å². The van der Waals surface area contributed by atoms with Gasteiger partial charge < -0.3 is 24.7 Å². The molecule has 4 aromatic rings. The summed E-state index contributed by atoms with van der Waals surface area (Å²) in [6.45, 7) is -0.528. The Hall–Kier alpha value is -3.63. The van der Waals surface area contributed by atoms with Crippen molar-refractivity contribution in [1.82, 2.24) is 0 Å². The first-order valence-corrected chi connectivity index (χ1v) is 11.3. The van der Waals surface area contributed by atoms with Crippen molar-refractivity contribution in [2.75, 3.05) is 11.9 Å². The monoisotopic (exact) mass is 587 g/mol. The highest BCUT2D eigenvalue weighted by molar-refractivity contribution is 9.11. The first-order valence-electron chi connectivity index (χ1n) is 9.73. The number of hydrogen-bond donors (Lipinski definition) is 3. The van der Waals surface area contributed by atoms with E-state index in [1.54, 1.807) is 24.3 Å². The predicted molar refractivity (Wildman–Crippen MR) is 131 cm³/mol. The standard InChI is InChI=1S/C24H15Br2NO7/c25-17-8-14(9-18(26)23(17)33-11-21(29)30)22(31)20-10-13-7-15(3-6-19(13)34-20)27-24(32)12-1-4-16(28)5-2-12/h1-10,28H,11H2,(H,27,32)(H,29,30). The molecular weight excluding hydrogens is 574 g/mol. The lowest BCUT2D eigenvalue weighted by Gasteiger charge is -2.10. The van der Waals surface area contributed by atoms with E-state index in [1.165, 1.54) is 36.4 Å². The number of amides is 1. The van der Waals surface area contributed by atoms with Crippen molar-refractivity contribution >= 4 is 66.2 Å². The molecule has 3 N–H and O–H groups in total. The quantitative estimate of drug-likeness (QED) is 0.239. The zero-order chi connectivity index (χ0) is 24.4. The second-order valence-corrected chi connectivity index (χ2v) is 8.85. The number of fused-ring (bicyclic) bond motifs is 1. The van der Waals surface area contributed by atoms with Gasteiger partial charge in [-0.2, -0.15) is 0 Å². The van der Waals surface area contributed by atoms with E-state index in [0.29, 0.717) is 36.7 Å². The molecule has 0 aliphatic rings. The summed E-state index contributed by atoms with van der Waals surface area (Å²) in [4.78, 5) is 36.2. The molecule has 0 aliphatic carbocycles. The van der Waals surface area contributed by atoms with Crippen LogP contribution in [0.3, 0.4) is 0 Å². The minimum absolute atomic E-state index is 0.0649. The molecule has 10 heteroatoms. The summed E-state index contributed by atoms with van der Waals surface area (Å²) >= 11 is 6.59. The molecule has 34 heavy (non-hydrogen) atoms. The van der Waals surface area contributed by atoms with Gasteiger partial charge in [-0.15, -0.1) is 0 Å². The third-order valence-electron chi connectivity index (χ3n) is 4.73. The Morgan fingerprint density at radius 3 is 2.24 bits per heavy atom. The number of aliphatic carboxylic acids is 1. The average molecular weight is 589 g/mol. The van der Waals surface area contributed by atoms with Gasteiger partial charge in [0.25, 0.3) is 5.91 Å². The topological polar surface area (TPSA) is 126 Å². The van der Waals surface area contributed by atoms with Gasteiger partial charge in [-0.05, 0) is 92.5 Å². The first-order chi connectivity index (χ1) is 16.2. The lowest BCUT2D eigenvalue weighted by molar-refractivity contribution is -0.139. The minimum Gasteiger partial charge on any atom is -0.508 e. The molecule has 3 aromatic carbocycles. The van der Waals surface area contributed by atoms with Crippen LogP contribution in [0.15, 0.2) is 74.0 Å². The largest absolute Gasteiger partial charge is 0.508 e. The fourth-order valence-corrected chi connectivity index (χ4v) is 4.57. The minimum atomic E-state index is -1.13. The Morgan fingerprint density at radius 1 is 0.912 bits per heavy atom. The zero-order valence-corrected chi connectivity index (χ0v) is 20.3. The first kappa shape index (κ1) is 23.5. The summed E-state index contributed by atoms with van der Waals surface area (Å²) in [6.07, 6.45) is 0. The lowest BCUT2D eigenvalue weighted by Crippen LogP contribution is -2.11. The van der Waals surface area contributed by atoms with Crippen LogP contribution < -0.4 is 10.1 Å². The molecule has 1 amide bonds. The number of hydrogen-bond acceptors (Lipinski definition) is 6. The summed E-state index contributed by atoms with van der Waals surface area (Å²) in [5, 5.41) is 21.5. The normalized spacial score (nSPS) is 10.8. The maximum atomic E-state index is 13.0. The fraction of sp³-hybridized carbons (Fsp3) is 0.0417. The van der Waals surface area contributed by atoms with Crippen LogP contribution in [0.2, 0.25) is 0 Å². The maximum absolute atomic E-state index is 13.0. The lowest BCUT2D eigenvalue weighted by atomic mass is 10.1. The van der Waals surface area contributed by atoms with Crippen molar-refractivity contribution in [3.63, 3.8) is 0 Å². The van der Waals surface area contributed by atoms with Gasteiger partial charge in [0.15, 0.2) is 12.4 Å². The number of anilines is 1. The number of halogens is 2. The van der Waals surface area contributed by atoms with E-state index in [2.05, 4.69) is 37.2 Å². The van der Waals surface area contributed by atoms with Gasteiger partial charge in [-0.1, -0.05) is 0 Å². The Kier molecular flexibility index (Phi) is 6.71. The zero-order valence-electron chi connectivity index (χ0n) is 17.2. The SMILES string of the molecule is O=C(O)COc1c(Br)cc(C(=O)c2cc3cc(NC(=O)c4ccc(O)cc4)ccc3o2)cc1Br. The highest BCUT2D eigenvalue weighted by Gasteiger charge is 2.19. The van der Waals surface area contributed by atoms with Crippen molar-refractivity contribution in [1.29, 1.82) is 0 Å². The molecule has 4 rings (SSSR count). The number of ketones is 1. The summed E-state index contributed by atoms with van der Waals surface area (Å²) in [6, 6.07) is 15.4. The predicted octanol–water partition coefficient (Wildman–Crippen LogP) is 5.61. The summed E-state index contributed by atoms with van der Waals surface area (Å²) in [5.74, 6) is -1.45. The summed E-state index contributed by atoms with van der Waals surface area (Å²) < 4.78 is 11.7. The van der Waals surface area contributed by atoms with E-state index in [-0.39, 0.29) is 23.2 Å². The van der Waals surface area contributed by atoms with Crippen LogP contribution in [-0.4, -0.2) is 34.5 Å². The highest BCUT2D eigenvalue weighted by Crippen LogP contribution is 2.36. The average Bonchev–Trinajstić information content (AvgIpc) is 3.21. The Morgan fingerprint density at radius 2 is 1.59 bits per heavy atom. The number of carboxylic acids is 1. The third-order valence-corrected chi connectivity index (χ3v) is 5.91. The maximum Gasteiger partial charge on any atom is 0.341 e. The molecule has 172 valence electrons. The molecule has 0 saturated carbocycles. The molecule has 0 radical (unpaired) electrons. The Bertz CT molecular complexity index is 1400. The molecule has 0 fully saturated rings. The van der Waals surface area contributed by atoms with Gasteiger partial charge in [-0.3, -0.25) is 9.59 Å². The van der Waals surface area contributed by atoms with E-state index in [4.69, 9.17) is 14.3 Å². The van der Waals surface area contributed by atoms with Crippen molar-refractivity contribution < 1.29 is 33.8 Å². The smallest absolute Gasteiger partial charge is 0.341 e. The number of furan rings is 1. The van der Waals surface area contributed by atoms with Gasteiger partial charge in [0.05, 0.1) is 8.95 Å². The van der Waals surface area contributed by atoms with Crippen molar-refractivity contribution in [2.45, 2.75) is 0 Å². The number of aromatic hydroxyl groups is 1. The third kappa shape index (κ3) is 5.13. The number of carbonyl (C=O) groups excluding carboxylic acids is 2. The van der Waals surface area contributed by atoms with Crippen molar-refractivity contribution in [2.24, 2.45) is 0 Å². The second kappa shape index (κ2) is 9.70. The van der Waals surface area contributed by atoms with Crippen LogP contribution in [-0.2, 0) is 4.79 Å². The molecule has 1 heterocycles. The Balaban J connectivity index is 1.56. The van der Waals surface area contributed by atoms with Gasteiger partial charge >= 0.3 is 5.97 Å². The molecule has 0 atom stereocenters. The fourth-order valence-electron chi connectivity index (χ4n) is 3.15. The number of rotatable bonds is 7. The Labute approximate surface area is 209 Å². The molecule has 0 unspecified atom stereocenters. The molecule has 8 nitrogen and oxygen atoms in total. The molecule has 0 spiro atoms. The van der Waals surface area contributed by atoms with Gasteiger partial charge in [-0.25, -0.2) is 4.79 Å². The van der Waals surface area contributed by atoms with E-state index in [1.807, 2.05) is 0 Å². The number of phenolic OH excluding ortho intramolecular Hbond substituents is 1. The van der Waals surface area contributed by atoms with E-state index in [0.717, 1.165) is 0 Å². The summed E-state index contributed by atoms with van der Waals surface area (Å²) in [5.41, 5.74) is 1.65. The number of ether oxygens (including phenoxy) is 1. The van der Waals surface area contributed by atoms with Gasteiger partial charge in [0, 0.05) is 22.2 Å². The van der Waals surface area contributed by atoms with Crippen molar-refractivity contribution in [3.05, 3.63) is 86.5 Å². The summed E-state index contributed by atoms with van der Waals surface area (Å²) in [7, 11) is 0. The number of carbonyl (C=O) groups is 3. The van der Waals surface area contributed by atoms with Crippen LogP contribution in [0.1, 0.15) is 26.5 Å². The number of nitrogens with one attached hydrogen (secondary N) is 1. The van der Waals surface area contributed by atoms with E-state index >= 15 is 0 Å². The number of benzene rings is 3. The van der Waals surface area contributed by atoms with Crippen LogP contribution in [0.25, 0.3) is 11.0 Å². The second-order valence-electron chi connectivity index (χ2n) is 7.14. The van der Waals surface area contributed by atoms with Gasteiger partial charge in [0.2, 0.25) is 5.78 Å². The van der Waals surface area contributed by atoms with Gasteiger partial charge in [0.1, 0.15) is 17.1 Å². The highest BCUT2D eigenvalue weighted by atomic mass is 79.9. The van der Waals surface area contributed by atoms with E-state index < -0.39 is 18.4 Å². The molecule has 0 aliphatic heterocycles. The van der Waals surface area contributed by atoms with Crippen LogP contribution in [0.4, 0.5) is 5.69 Å². The molecule has 0 saturated heterocycles. The number of carboxylic acid groups (broad SMARTS) is 1. The van der Waals surface area contributed by atoms with Crippen LogP contribution in [0.5, 0.6) is 11.5 Å². The number of phenols is 1. The van der Waals surface area contributed by atoms with Crippen LogP contribution >= 0.6 is 31.9 Å².